The summed E-state index contributed by atoms with van der Waals surface area (Å²) in [5.74, 6) is 0.355. The van der Waals surface area contributed by atoms with Crippen molar-refractivity contribution >= 4 is 11.9 Å². The van der Waals surface area contributed by atoms with Gasteiger partial charge in [0, 0.05) is 45.0 Å². The van der Waals surface area contributed by atoms with Crippen molar-refractivity contribution in [3.8, 4) is 5.75 Å². The molecule has 6 nitrogen and oxygen atoms in total. The highest BCUT2D eigenvalue weighted by atomic mass is 16.5. The van der Waals surface area contributed by atoms with Gasteiger partial charge in [0.05, 0.1) is 5.60 Å². The number of piperidine rings is 1. The van der Waals surface area contributed by atoms with Crippen LogP contribution in [0.2, 0.25) is 0 Å². The van der Waals surface area contributed by atoms with Gasteiger partial charge in [0.25, 0.3) is 0 Å². The fourth-order valence-corrected chi connectivity index (χ4v) is 6.81. The molecule has 1 aliphatic carbocycles. The lowest BCUT2D eigenvalue weighted by Gasteiger charge is -2.59. The van der Waals surface area contributed by atoms with Crippen molar-refractivity contribution in [2.45, 2.75) is 81.8 Å². The first-order valence-electron chi connectivity index (χ1n) is 14.4. The number of hydrogen-bond donors (Lipinski definition) is 1. The maximum absolute atomic E-state index is 13.0. The largest absolute Gasteiger partial charge is 0.427 e. The standard InChI is InChI=1S/C33H44N2O4/c1-4-21-35-22-20-32(28-15-11-16-30(23-28)39-26(2)36)24-29(18-19-33(32,25-35)38-3)34-31(37)17-10-6-9-14-27-12-7-5-8-13-27/h4-5,7-8,11-13,15-16,23,29H,1,6,9-10,14,17-22,24-25H2,2-3H3,(H,34,37). The zero-order valence-corrected chi connectivity index (χ0v) is 23.6. The van der Waals surface area contributed by atoms with Crippen LogP contribution in [-0.2, 0) is 26.2 Å². The second kappa shape index (κ2) is 13.4. The molecule has 2 aliphatic rings. The van der Waals surface area contributed by atoms with Crippen LogP contribution in [0.5, 0.6) is 5.75 Å². The van der Waals surface area contributed by atoms with Gasteiger partial charge in [-0.2, -0.15) is 0 Å². The van der Waals surface area contributed by atoms with E-state index in [9.17, 15) is 9.59 Å². The number of methoxy groups -OCH3 is 1. The zero-order valence-electron chi connectivity index (χ0n) is 23.6. The van der Waals surface area contributed by atoms with Crippen molar-refractivity contribution in [2.75, 3.05) is 26.7 Å². The monoisotopic (exact) mass is 532 g/mol. The maximum Gasteiger partial charge on any atom is 0.308 e. The Morgan fingerprint density at radius 1 is 1.10 bits per heavy atom. The number of ether oxygens (including phenoxy) is 2. The molecule has 1 saturated heterocycles. The third-order valence-electron chi connectivity index (χ3n) is 8.70. The number of rotatable bonds is 12. The molecule has 0 spiro atoms. The highest BCUT2D eigenvalue weighted by molar-refractivity contribution is 5.76. The predicted octanol–water partition coefficient (Wildman–Crippen LogP) is 5.60. The smallest absolute Gasteiger partial charge is 0.308 e. The Morgan fingerprint density at radius 2 is 1.92 bits per heavy atom. The first-order valence-corrected chi connectivity index (χ1v) is 14.4. The molecule has 39 heavy (non-hydrogen) atoms. The number of likely N-dealkylation sites (tertiary alicyclic amines) is 1. The lowest BCUT2D eigenvalue weighted by atomic mass is 9.55. The molecule has 2 fully saturated rings. The van der Waals surface area contributed by atoms with E-state index in [-0.39, 0.29) is 23.3 Å². The number of carbonyl (C=O) groups is 2. The lowest BCUT2D eigenvalue weighted by Crippen LogP contribution is -2.67. The molecule has 2 aromatic rings. The zero-order chi connectivity index (χ0) is 27.7. The Bertz CT molecular complexity index is 1120. The number of amides is 1. The molecule has 2 aromatic carbocycles. The van der Waals surface area contributed by atoms with Crippen LogP contribution in [0.3, 0.4) is 0 Å². The summed E-state index contributed by atoms with van der Waals surface area (Å²) >= 11 is 0. The predicted molar refractivity (Wildman–Crippen MR) is 155 cm³/mol. The maximum atomic E-state index is 13.0. The number of esters is 1. The number of benzene rings is 2. The van der Waals surface area contributed by atoms with E-state index in [4.69, 9.17) is 9.47 Å². The summed E-state index contributed by atoms with van der Waals surface area (Å²) < 4.78 is 11.9. The second-order valence-corrected chi connectivity index (χ2v) is 11.2. The van der Waals surface area contributed by atoms with E-state index in [0.29, 0.717) is 12.2 Å². The summed E-state index contributed by atoms with van der Waals surface area (Å²) in [5, 5.41) is 3.37. The van der Waals surface area contributed by atoms with E-state index in [1.54, 1.807) is 0 Å². The normalized spacial score (nSPS) is 24.9. The minimum Gasteiger partial charge on any atom is -0.427 e. The van der Waals surface area contributed by atoms with Crippen LogP contribution in [0, 0.1) is 0 Å². The van der Waals surface area contributed by atoms with Crippen molar-refractivity contribution in [1.29, 1.82) is 0 Å². The van der Waals surface area contributed by atoms with Crippen LogP contribution in [-0.4, -0.2) is 55.2 Å². The van der Waals surface area contributed by atoms with Crippen LogP contribution in [0.15, 0.2) is 67.3 Å². The van der Waals surface area contributed by atoms with Gasteiger partial charge in [-0.1, -0.05) is 55.0 Å². The van der Waals surface area contributed by atoms with Crippen LogP contribution >= 0.6 is 0 Å². The quantitative estimate of drug-likeness (QED) is 0.167. The summed E-state index contributed by atoms with van der Waals surface area (Å²) in [7, 11) is 1.82. The topological polar surface area (TPSA) is 67.9 Å². The van der Waals surface area contributed by atoms with Gasteiger partial charge < -0.3 is 14.8 Å². The third kappa shape index (κ3) is 6.98. The molecule has 1 heterocycles. The number of nitrogens with one attached hydrogen (secondary N) is 1. The molecule has 1 saturated carbocycles. The first kappa shape index (κ1) is 29.0. The molecular weight excluding hydrogens is 488 g/mol. The molecule has 0 aromatic heterocycles. The SMILES string of the molecule is C=CCN1CCC2(c3cccc(OC(C)=O)c3)CC(NC(=O)CCCCCc3ccccc3)CCC2(OC)C1. The molecule has 1 amide bonds. The summed E-state index contributed by atoms with van der Waals surface area (Å²) in [6, 6.07) is 18.5. The van der Waals surface area contributed by atoms with Crippen molar-refractivity contribution in [3.05, 3.63) is 78.4 Å². The van der Waals surface area contributed by atoms with Gasteiger partial charge in [-0.05, 0) is 74.8 Å². The van der Waals surface area contributed by atoms with Crippen LogP contribution in [0.25, 0.3) is 0 Å². The summed E-state index contributed by atoms with van der Waals surface area (Å²) in [5.41, 5.74) is 1.76. The number of carbonyl (C=O) groups excluding carboxylic acids is 2. The average Bonchev–Trinajstić information content (AvgIpc) is 2.93. The highest BCUT2D eigenvalue weighted by Crippen LogP contribution is 2.53. The lowest BCUT2D eigenvalue weighted by molar-refractivity contribution is -0.149. The van der Waals surface area contributed by atoms with Gasteiger partial charge in [-0.15, -0.1) is 6.58 Å². The van der Waals surface area contributed by atoms with Crippen LogP contribution in [0.1, 0.15) is 69.4 Å². The molecule has 210 valence electrons. The summed E-state index contributed by atoms with van der Waals surface area (Å²) in [4.78, 5) is 27.1. The minimum atomic E-state index is -0.401. The Labute approximate surface area is 233 Å². The minimum absolute atomic E-state index is 0.0772. The number of hydrogen-bond acceptors (Lipinski definition) is 5. The number of aryl methyl sites for hydroxylation is 1. The van der Waals surface area contributed by atoms with E-state index in [1.807, 2.05) is 37.5 Å². The van der Waals surface area contributed by atoms with Gasteiger partial charge in [-0.25, -0.2) is 0 Å². The molecule has 6 heteroatoms. The van der Waals surface area contributed by atoms with Crippen LogP contribution in [0.4, 0.5) is 0 Å². The second-order valence-electron chi connectivity index (χ2n) is 11.2. The van der Waals surface area contributed by atoms with Crippen molar-refractivity contribution in [1.82, 2.24) is 10.2 Å². The third-order valence-corrected chi connectivity index (χ3v) is 8.70. The molecule has 0 bridgehead atoms. The molecule has 4 rings (SSSR count). The Balaban J connectivity index is 1.44. The highest BCUT2D eigenvalue weighted by Gasteiger charge is 2.58. The molecule has 3 unspecified atom stereocenters. The Kier molecular flexibility index (Phi) is 9.98. The van der Waals surface area contributed by atoms with Crippen molar-refractivity contribution in [2.24, 2.45) is 0 Å². The Hall–Kier alpha value is -2.96. The number of fused-ring (bicyclic) bond motifs is 1. The van der Waals surface area contributed by atoms with Gasteiger partial charge >= 0.3 is 5.97 Å². The number of nitrogens with zero attached hydrogens (tertiary/aromatic N) is 1. The fourth-order valence-electron chi connectivity index (χ4n) is 6.81. The van der Waals surface area contributed by atoms with E-state index < -0.39 is 5.60 Å². The van der Waals surface area contributed by atoms with E-state index in [1.165, 1.54) is 12.5 Å². The van der Waals surface area contributed by atoms with Gasteiger partial charge in [0.1, 0.15) is 5.75 Å². The van der Waals surface area contributed by atoms with Crippen LogP contribution < -0.4 is 10.1 Å². The molecule has 1 aliphatic heterocycles. The van der Waals surface area contributed by atoms with E-state index in [2.05, 4.69) is 47.1 Å². The molecule has 0 radical (unpaired) electrons. The first-order chi connectivity index (χ1) is 18.9. The molecule has 1 N–H and O–H groups in total. The fraction of sp³-hybridized carbons (Fsp3) is 0.515. The molecule has 3 atom stereocenters. The van der Waals surface area contributed by atoms with Crippen molar-refractivity contribution in [3.63, 3.8) is 0 Å². The average molecular weight is 533 g/mol. The summed E-state index contributed by atoms with van der Waals surface area (Å²) in [6.07, 6.45) is 10.0. The van der Waals surface area contributed by atoms with E-state index in [0.717, 1.165) is 76.6 Å². The Morgan fingerprint density at radius 3 is 2.67 bits per heavy atom. The van der Waals surface area contributed by atoms with Crippen molar-refractivity contribution < 1.29 is 19.1 Å². The molecular formula is C33H44N2O4. The van der Waals surface area contributed by atoms with E-state index >= 15 is 0 Å². The van der Waals surface area contributed by atoms with Gasteiger partial charge in [0.2, 0.25) is 5.91 Å². The number of unbranched alkanes of at least 4 members (excludes halogenated alkanes) is 2. The van der Waals surface area contributed by atoms with Gasteiger partial charge in [0.15, 0.2) is 0 Å². The van der Waals surface area contributed by atoms with Gasteiger partial charge in [-0.3, -0.25) is 14.5 Å². The summed E-state index contributed by atoms with van der Waals surface area (Å²) in [6.45, 7) is 7.90.